The summed E-state index contributed by atoms with van der Waals surface area (Å²) in [6.07, 6.45) is 2.17. The Morgan fingerprint density at radius 2 is 1.74 bits per heavy atom. The first-order chi connectivity index (χ1) is 12.8. The monoisotopic (exact) mass is 369 g/mol. The van der Waals surface area contributed by atoms with Crippen molar-refractivity contribution in [3.63, 3.8) is 0 Å². The molecular formula is C22H31N3O2. The van der Waals surface area contributed by atoms with Gasteiger partial charge in [-0.15, -0.1) is 0 Å². The second-order valence-corrected chi connectivity index (χ2v) is 8.18. The van der Waals surface area contributed by atoms with E-state index in [1.807, 2.05) is 68.3 Å². The molecule has 1 heterocycles. The molecule has 27 heavy (non-hydrogen) atoms. The number of hydrogen-bond acceptors (Lipinski definition) is 4. The number of amides is 1. The number of carbonyl (C=O) groups excluding carboxylic acids is 1. The quantitative estimate of drug-likeness (QED) is 0.900. The van der Waals surface area contributed by atoms with Crippen LogP contribution in [0, 0.1) is 0 Å². The van der Waals surface area contributed by atoms with E-state index in [0.29, 0.717) is 26.1 Å². The minimum atomic E-state index is -0.713. The highest BCUT2D eigenvalue weighted by Crippen LogP contribution is 2.30. The van der Waals surface area contributed by atoms with Crippen molar-refractivity contribution in [1.82, 2.24) is 9.80 Å². The number of likely N-dealkylation sites (tertiary alicyclic amines) is 1. The molecule has 5 heteroatoms. The summed E-state index contributed by atoms with van der Waals surface area (Å²) in [5, 5.41) is 13.0. The van der Waals surface area contributed by atoms with E-state index >= 15 is 0 Å². The van der Waals surface area contributed by atoms with E-state index in [-0.39, 0.29) is 5.91 Å². The van der Waals surface area contributed by atoms with Crippen LogP contribution in [0.15, 0.2) is 36.4 Å². The second kappa shape index (κ2) is 7.87. The Bertz CT molecular complexity index is 818. The van der Waals surface area contributed by atoms with Crippen LogP contribution in [0.2, 0.25) is 0 Å². The first-order valence-electron chi connectivity index (χ1n) is 9.66. The van der Waals surface area contributed by atoms with Gasteiger partial charge in [-0.1, -0.05) is 24.3 Å². The van der Waals surface area contributed by atoms with Crippen molar-refractivity contribution in [2.24, 2.45) is 0 Å². The lowest BCUT2D eigenvalue weighted by molar-refractivity contribution is 0.00305. The molecule has 1 atom stereocenters. The lowest BCUT2D eigenvalue weighted by atomic mass is 9.94. The van der Waals surface area contributed by atoms with Crippen molar-refractivity contribution < 1.29 is 9.90 Å². The van der Waals surface area contributed by atoms with Crippen LogP contribution in [0.1, 0.15) is 29.6 Å². The first-order valence-corrected chi connectivity index (χ1v) is 9.66. The molecule has 2 aromatic carbocycles. The van der Waals surface area contributed by atoms with Crippen LogP contribution in [0.25, 0.3) is 10.8 Å². The molecule has 0 spiro atoms. The Labute approximate surface area is 162 Å². The maximum atomic E-state index is 13.3. The van der Waals surface area contributed by atoms with Gasteiger partial charge in [-0.2, -0.15) is 0 Å². The van der Waals surface area contributed by atoms with E-state index in [1.54, 1.807) is 0 Å². The van der Waals surface area contributed by atoms with Crippen molar-refractivity contribution in [2.45, 2.75) is 24.9 Å². The molecule has 0 unspecified atom stereocenters. The molecule has 1 aliphatic rings. The number of carbonyl (C=O) groups is 1. The molecule has 146 valence electrons. The first kappa shape index (κ1) is 19.6. The Kier molecular flexibility index (Phi) is 5.72. The molecule has 1 aliphatic heterocycles. The zero-order chi connectivity index (χ0) is 19.6. The fourth-order valence-electron chi connectivity index (χ4n) is 4.16. The fourth-order valence-corrected chi connectivity index (χ4v) is 4.16. The minimum absolute atomic E-state index is 0.0607. The Morgan fingerprint density at radius 1 is 1.04 bits per heavy atom. The van der Waals surface area contributed by atoms with Gasteiger partial charge < -0.3 is 19.8 Å². The van der Waals surface area contributed by atoms with Crippen molar-refractivity contribution in [3.05, 3.63) is 42.0 Å². The highest BCUT2D eigenvalue weighted by atomic mass is 16.3. The Morgan fingerprint density at radius 3 is 2.41 bits per heavy atom. The van der Waals surface area contributed by atoms with Gasteiger partial charge in [-0.05, 0) is 50.9 Å². The molecule has 1 amide bonds. The van der Waals surface area contributed by atoms with Gasteiger partial charge in [0.2, 0.25) is 0 Å². The third-order valence-electron chi connectivity index (χ3n) is 5.43. The molecule has 0 bridgehead atoms. The Balaban J connectivity index is 1.87. The van der Waals surface area contributed by atoms with Crippen LogP contribution < -0.4 is 4.90 Å². The highest BCUT2D eigenvalue weighted by Gasteiger charge is 2.32. The lowest BCUT2D eigenvalue weighted by Crippen LogP contribution is -2.41. The number of likely N-dealkylation sites (N-methyl/N-ethyl adjacent to an activating group) is 1. The summed E-state index contributed by atoms with van der Waals surface area (Å²) >= 11 is 0. The minimum Gasteiger partial charge on any atom is -0.388 e. The normalized spacial score (nSPS) is 20.7. The van der Waals surface area contributed by atoms with Crippen LogP contribution in [0.3, 0.4) is 0 Å². The smallest absolute Gasteiger partial charge is 0.254 e. The number of fused-ring (bicyclic) bond motifs is 1. The maximum absolute atomic E-state index is 13.3. The molecule has 0 radical (unpaired) electrons. The molecule has 5 nitrogen and oxygen atoms in total. The van der Waals surface area contributed by atoms with Crippen LogP contribution in [0.5, 0.6) is 0 Å². The molecule has 0 aliphatic carbocycles. The van der Waals surface area contributed by atoms with Gasteiger partial charge in [-0.3, -0.25) is 4.79 Å². The lowest BCUT2D eigenvalue weighted by Gasteiger charge is -2.30. The summed E-state index contributed by atoms with van der Waals surface area (Å²) in [4.78, 5) is 19.3. The van der Waals surface area contributed by atoms with Gasteiger partial charge in [0.1, 0.15) is 0 Å². The summed E-state index contributed by atoms with van der Waals surface area (Å²) in [6, 6.07) is 12.1. The summed E-state index contributed by atoms with van der Waals surface area (Å²) < 4.78 is 0. The van der Waals surface area contributed by atoms with Crippen LogP contribution >= 0.6 is 0 Å². The highest BCUT2D eigenvalue weighted by molar-refractivity contribution is 6.10. The number of benzene rings is 2. The third kappa shape index (κ3) is 4.25. The van der Waals surface area contributed by atoms with Crippen molar-refractivity contribution >= 4 is 22.4 Å². The average Bonchev–Trinajstić information content (AvgIpc) is 2.81. The second-order valence-electron chi connectivity index (χ2n) is 8.18. The van der Waals surface area contributed by atoms with Gasteiger partial charge in [0, 0.05) is 50.4 Å². The molecule has 1 saturated heterocycles. The van der Waals surface area contributed by atoms with E-state index in [4.69, 9.17) is 0 Å². The van der Waals surface area contributed by atoms with Crippen LogP contribution in [-0.2, 0) is 0 Å². The Hall–Kier alpha value is -2.11. The zero-order valence-electron chi connectivity index (χ0n) is 16.9. The summed E-state index contributed by atoms with van der Waals surface area (Å²) in [5.74, 6) is 0.0607. The largest absolute Gasteiger partial charge is 0.388 e. The van der Waals surface area contributed by atoms with E-state index < -0.39 is 5.60 Å². The molecule has 1 fully saturated rings. The summed E-state index contributed by atoms with van der Waals surface area (Å²) in [5.41, 5.74) is 1.14. The predicted octanol–water partition coefficient (Wildman–Crippen LogP) is 2.82. The van der Waals surface area contributed by atoms with E-state index in [0.717, 1.165) is 34.9 Å². The molecule has 0 aromatic heterocycles. The molecule has 2 aromatic rings. The van der Waals surface area contributed by atoms with Gasteiger partial charge in [0.05, 0.1) is 5.60 Å². The number of aliphatic hydroxyl groups is 1. The molecule has 3 rings (SSSR count). The van der Waals surface area contributed by atoms with Gasteiger partial charge in [-0.25, -0.2) is 0 Å². The van der Waals surface area contributed by atoms with E-state index in [1.165, 1.54) is 0 Å². The average molecular weight is 370 g/mol. The maximum Gasteiger partial charge on any atom is 0.254 e. The summed E-state index contributed by atoms with van der Waals surface area (Å²) in [7, 11) is 7.99. The van der Waals surface area contributed by atoms with Gasteiger partial charge in [0.25, 0.3) is 5.91 Å². The third-order valence-corrected chi connectivity index (χ3v) is 5.43. The number of rotatable bonds is 4. The van der Waals surface area contributed by atoms with E-state index in [2.05, 4.69) is 11.0 Å². The van der Waals surface area contributed by atoms with Crippen molar-refractivity contribution in [1.29, 1.82) is 0 Å². The SMILES string of the molecule is CN(C)C[C@]1(O)CCCN(C(=O)c2ccc(N(C)C)c3ccccc23)CC1. The molecule has 1 N–H and O–H groups in total. The zero-order valence-corrected chi connectivity index (χ0v) is 16.9. The van der Waals surface area contributed by atoms with Gasteiger partial charge >= 0.3 is 0 Å². The van der Waals surface area contributed by atoms with Crippen LogP contribution in [-0.4, -0.2) is 74.2 Å². The van der Waals surface area contributed by atoms with Crippen LogP contribution in [0.4, 0.5) is 5.69 Å². The van der Waals surface area contributed by atoms with Crippen molar-refractivity contribution in [2.75, 3.05) is 52.7 Å². The summed E-state index contributed by atoms with van der Waals surface area (Å²) in [6.45, 7) is 1.92. The van der Waals surface area contributed by atoms with E-state index in [9.17, 15) is 9.90 Å². The topological polar surface area (TPSA) is 47.0 Å². The number of nitrogens with zero attached hydrogens (tertiary/aromatic N) is 3. The number of anilines is 1. The molecular weight excluding hydrogens is 338 g/mol. The predicted molar refractivity (Wildman–Crippen MR) is 112 cm³/mol. The fraction of sp³-hybridized carbons (Fsp3) is 0.500. The number of hydrogen-bond donors (Lipinski definition) is 1. The van der Waals surface area contributed by atoms with Gasteiger partial charge in [0.15, 0.2) is 0 Å². The molecule has 0 saturated carbocycles. The standard InChI is InChI=1S/C22H31N3O2/c1-23(2)16-22(27)12-7-14-25(15-13-22)21(26)19-10-11-20(24(3)4)18-9-6-5-8-17(18)19/h5-6,8-11,27H,7,12-16H2,1-4H3/t22-/m0/s1. The van der Waals surface area contributed by atoms with Crippen molar-refractivity contribution in [3.8, 4) is 0 Å².